The Kier molecular flexibility index (Phi) is 13.5. The summed E-state index contributed by atoms with van der Waals surface area (Å²) in [4.78, 5) is 21.1. The zero-order valence-electron chi connectivity index (χ0n) is 31.8. The maximum absolute atomic E-state index is 13.6. The van der Waals surface area contributed by atoms with Crippen LogP contribution in [-0.2, 0) is 27.3 Å². The van der Waals surface area contributed by atoms with E-state index in [2.05, 4.69) is 57.6 Å². The second-order valence-electron chi connectivity index (χ2n) is 15.5. The van der Waals surface area contributed by atoms with Crippen molar-refractivity contribution in [2.24, 2.45) is 17.8 Å². The summed E-state index contributed by atoms with van der Waals surface area (Å²) < 4.78 is 34.9. The zero-order valence-corrected chi connectivity index (χ0v) is 33.4. The van der Waals surface area contributed by atoms with Crippen molar-refractivity contribution in [3.05, 3.63) is 70.3 Å². The average molecular weight is 755 g/mol. The molecule has 2 aromatic carbocycles. The Morgan fingerprint density at radius 2 is 1.85 bits per heavy atom. The molecule has 2 bridgehead atoms. The summed E-state index contributed by atoms with van der Waals surface area (Å²) in [5.41, 5.74) is 3.48. The summed E-state index contributed by atoms with van der Waals surface area (Å²) in [6.45, 7) is 15.0. The van der Waals surface area contributed by atoms with E-state index in [9.17, 15) is 9.35 Å². The molecule has 2 aromatic rings. The van der Waals surface area contributed by atoms with E-state index >= 15 is 0 Å². The molecule has 3 heterocycles. The number of allylic oxidation sites excluding steroid dienone is 1. The average Bonchev–Trinajstić information content (AvgIpc) is 3.31. The van der Waals surface area contributed by atoms with Gasteiger partial charge in [0.25, 0.3) is 5.91 Å². The van der Waals surface area contributed by atoms with Gasteiger partial charge in [-0.3, -0.25) is 14.6 Å². The van der Waals surface area contributed by atoms with E-state index in [-0.39, 0.29) is 23.0 Å². The molecule has 286 valence electrons. The summed E-state index contributed by atoms with van der Waals surface area (Å²) in [5.74, 6) is 1.36. The first kappa shape index (κ1) is 39.4. The molecular formula is C41H59ClN4O5S. The van der Waals surface area contributed by atoms with E-state index in [1.54, 1.807) is 13.2 Å². The van der Waals surface area contributed by atoms with E-state index in [0.717, 1.165) is 108 Å². The van der Waals surface area contributed by atoms with Gasteiger partial charge in [0.1, 0.15) is 16.6 Å². The Labute approximate surface area is 319 Å². The Balaban J connectivity index is 1.35. The topological polar surface area (TPSA) is 89.6 Å². The van der Waals surface area contributed by atoms with Gasteiger partial charge in [0.05, 0.1) is 30.3 Å². The normalized spacial score (nSPS) is 31.1. The lowest BCUT2D eigenvalue weighted by molar-refractivity contribution is -0.0956. The van der Waals surface area contributed by atoms with Gasteiger partial charge in [0.2, 0.25) is 0 Å². The molecule has 1 N–H and O–H groups in total. The maximum atomic E-state index is 13.6. The second kappa shape index (κ2) is 17.9. The molecule has 7 unspecified atom stereocenters. The Morgan fingerprint density at radius 3 is 2.56 bits per heavy atom. The summed E-state index contributed by atoms with van der Waals surface area (Å²) >= 11 is 4.95. The molecule has 1 saturated carbocycles. The molecule has 1 aliphatic carbocycles. The van der Waals surface area contributed by atoms with Crippen molar-refractivity contribution in [3.8, 4) is 5.75 Å². The molecule has 4 aliphatic rings. The van der Waals surface area contributed by atoms with Crippen molar-refractivity contribution in [2.45, 2.75) is 69.6 Å². The van der Waals surface area contributed by atoms with Crippen LogP contribution in [0.4, 0.5) is 5.69 Å². The highest BCUT2D eigenvalue weighted by atomic mass is 35.5. The van der Waals surface area contributed by atoms with Gasteiger partial charge in [-0.25, -0.2) is 0 Å². The standard InChI is InChI=1S/C41H59ClN4O5S/c1-6-8-31-23-35(42)12-13-36(31)34-26-46-25-33-10-14-37(33)41(50-5,28-45-19-17-44(18-20-45)21-22-49-4)16-7-9-29(2)30(3)52(48)43-40(47)32-11-15-39(51-27-34)38(46)24-32/h7,11-13,15-16,23-24,29-30,33-34,37H,6,8-10,14,17-22,25-28H2,1-5H3,(H,43,47)/b16-7+. The maximum Gasteiger partial charge on any atom is 0.292 e. The van der Waals surface area contributed by atoms with Gasteiger partial charge < -0.3 is 23.7 Å². The number of methoxy groups -OCH3 is 2. The van der Waals surface area contributed by atoms with Crippen molar-refractivity contribution >= 4 is 34.6 Å². The van der Waals surface area contributed by atoms with Crippen LogP contribution in [0, 0.1) is 17.8 Å². The fourth-order valence-electron chi connectivity index (χ4n) is 8.62. The minimum Gasteiger partial charge on any atom is -0.593 e. The van der Waals surface area contributed by atoms with Crippen LogP contribution < -0.4 is 14.4 Å². The predicted octanol–water partition coefficient (Wildman–Crippen LogP) is 6.33. The molecule has 1 amide bonds. The lowest BCUT2D eigenvalue weighted by Gasteiger charge is -2.52. The molecular weight excluding hydrogens is 696 g/mol. The molecule has 0 aromatic heterocycles. The monoisotopic (exact) mass is 754 g/mol. The number of carbonyl (C=O) groups is 1. The minimum atomic E-state index is -1.55. The van der Waals surface area contributed by atoms with Gasteiger partial charge in [-0.15, -0.1) is 0 Å². The highest BCUT2D eigenvalue weighted by Crippen LogP contribution is 2.47. The largest absolute Gasteiger partial charge is 0.593 e. The molecule has 9 nitrogen and oxygen atoms in total. The number of amides is 1. The van der Waals surface area contributed by atoms with Crippen LogP contribution >= 0.6 is 11.6 Å². The molecule has 7 atom stereocenters. The van der Waals surface area contributed by atoms with E-state index in [1.807, 2.05) is 32.2 Å². The lowest BCUT2D eigenvalue weighted by atomic mass is 9.63. The van der Waals surface area contributed by atoms with Crippen LogP contribution in [0.2, 0.25) is 5.02 Å². The number of nitrogens with one attached hydrogen (secondary N) is 1. The number of anilines is 1. The Bertz CT molecular complexity index is 1540. The number of rotatable bonds is 9. The summed E-state index contributed by atoms with van der Waals surface area (Å²) in [7, 11) is 3.65. The third-order valence-electron chi connectivity index (χ3n) is 12.2. The molecule has 1 saturated heterocycles. The fourth-order valence-corrected chi connectivity index (χ4v) is 9.83. The molecule has 2 fully saturated rings. The van der Waals surface area contributed by atoms with Crippen molar-refractivity contribution in [3.63, 3.8) is 0 Å². The first-order chi connectivity index (χ1) is 25.1. The Hall–Kier alpha value is -2.31. The fraction of sp³-hybridized carbons (Fsp3) is 0.634. The van der Waals surface area contributed by atoms with Crippen molar-refractivity contribution in [1.82, 2.24) is 14.5 Å². The van der Waals surface area contributed by atoms with Crippen molar-refractivity contribution in [2.75, 3.05) is 84.7 Å². The number of carbonyl (C=O) groups excluding carboxylic acids is 1. The van der Waals surface area contributed by atoms with E-state index in [0.29, 0.717) is 24.0 Å². The van der Waals surface area contributed by atoms with E-state index in [4.69, 9.17) is 25.8 Å². The number of fused-ring (bicyclic) bond motifs is 2. The number of nitrogens with zero attached hydrogens (tertiary/aromatic N) is 3. The second-order valence-corrected chi connectivity index (χ2v) is 17.4. The smallest absolute Gasteiger partial charge is 0.292 e. The highest BCUT2D eigenvalue weighted by Gasteiger charge is 2.48. The van der Waals surface area contributed by atoms with Gasteiger partial charge in [-0.05, 0) is 85.9 Å². The van der Waals surface area contributed by atoms with Crippen LogP contribution in [0.1, 0.15) is 73.9 Å². The van der Waals surface area contributed by atoms with Gasteiger partial charge in [0.15, 0.2) is 0 Å². The van der Waals surface area contributed by atoms with E-state index < -0.39 is 17.0 Å². The van der Waals surface area contributed by atoms with Crippen molar-refractivity contribution in [1.29, 1.82) is 0 Å². The number of aryl methyl sites for hydroxylation is 1. The van der Waals surface area contributed by atoms with Crippen LogP contribution in [0.5, 0.6) is 5.75 Å². The van der Waals surface area contributed by atoms with Crippen LogP contribution in [-0.4, -0.2) is 111 Å². The third-order valence-corrected chi connectivity index (χ3v) is 13.9. The number of hydrogen-bond acceptors (Lipinski definition) is 8. The van der Waals surface area contributed by atoms with E-state index in [1.165, 1.54) is 11.1 Å². The van der Waals surface area contributed by atoms with Crippen LogP contribution in [0.25, 0.3) is 0 Å². The van der Waals surface area contributed by atoms with Gasteiger partial charge in [0, 0.05) is 89.0 Å². The quantitative estimate of drug-likeness (QED) is 0.235. The molecule has 0 spiro atoms. The SMILES string of the molecule is CCCc1cc(Cl)ccc1C1COc2ccc3cc2N(C1)CC1CCC1C(CN1CCN(CCOC)CC1)(OC)/C=C/CC(C)C(C)[S+]([O-])NC3=O. The highest BCUT2D eigenvalue weighted by molar-refractivity contribution is 7.90. The number of halogens is 1. The molecule has 11 heteroatoms. The summed E-state index contributed by atoms with van der Waals surface area (Å²) in [6.07, 6.45) is 9.52. The third kappa shape index (κ3) is 8.96. The zero-order chi connectivity index (χ0) is 36.8. The minimum absolute atomic E-state index is 0.0969. The molecule has 52 heavy (non-hydrogen) atoms. The lowest BCUT2D eigenvalue weighted by Crippen LogP contribution is -2.58. The number of piperazine rings is 1. The Morgan fingerprint density at radius 1 is 1.06 bits per heavy atom. The predicted molar refractivity (Wildman–Crippen MR) is 211 cm³/mol. The number of ether oxygens (including phenoxy) is 3. The molecule has 3 aliphatic heterocycles. The summed E-state index contributed by atoms with van der Waals surface area (Å²) in [5, 5.41) is 0.526. The van der Waals surface area contributed by atoms with Crippen molar-refractivity contribution < 1.29 is 23.6 Å². The molecule has 6 rings (SSSR count). The first-order valence-electron chi connectivity index (χ1n) is 19.3. The first-order valence-corrected chi connectivity index (χ1v) is 20.9. The number of hydrogen-bond donors (Lipinski definition) is 1. The van der Waals surface area contributed by atoms with Crippen LogP contribution in [0.3, 0.4) is 0 Å². The summed E-state index contributed by atoms with van der Waals surface area (Å²) in [6, 6.07) is 11.9. The molecule has 0 radical (unpaired) electrons. The van der Waals surface area contributed by atoms with Gasteiger partial charge in [-0.1, -0.05) is 50.1 Å². The van der Waals surface area contributed by atoms with Crippen LogP contribution in [0.15, 0.2) is 48.6 Å². The van der Waals surface area contributed by atoms with Gasteiger partial charge in [-0.2, -0.15) is 4.72 Å². The number of benzene rings is 2. The van der Waals surface area contributed by atoms with Gasteiger partial charge >= 0.3 is 0 Å².